The number of nitrogens with one attached hydrogen (secondary N) is 1. The molecule has 1 N–H and O–H groups in total. The number of rotatable bonds is 4. The van der Waals surface area contributed by atoms with Crippen LogP contribution in [0.4, 0.5) is 0 Å². The third kappa shape index (κ3) is 3.21. The molecule has 1 aliphatic carbocycles. The molecule has 0 aromatic carbocycles. The first-order chi connectivity index (χ1) is 8.20. The van der Waals surface area contributed by atoms with Gasteiger partial charge in [0.1, 0.15) is 0 Å². The van der Waals surface area contributed by atoms with Crippen LogP contribution in [0.2, 0.25) is 4.34 Å². The van der Waals surface area contributed by atoms with Gasteiger partial charge in [0, 0.05) is 10.9 Å². The fourth-order valence-corrected chi connectivity index (χ4v) is 3.54. The Balaban J connectivity index is 1.96. The monoisotopic (exact) mass is 273 g/mol. The van der Waals surface area contributed by atoms with Gasteiger partial charge in [-0.3, -0.25) is 10.1 Å². The molecule has 0 amide bonds. The minimum atomic E-state index is -0.194. The summed E-state index contributed by atoms with van der Waals surface area (Å²) in [5.74, 6) is -0.194. The molecule has 1 aliphatic rings. The number of fused-ring (bicyclic) bond motifs is 1. The van der Waals surface area contributed by atoms with Gasteiger partial charge in [0.05, 0.1) is 17.5 Å². The highest BCUT2D eigenvalue weighted by Gasteiger charge is 2.22. The summed E-state index contributed by atoms with van der Waals surface area (Å²) in [6, 6.07) is 2.26. The Hall–Kier alpha value is -0.580. The maximum Gasteiger partial charge on any atom is 0.319 e. The third-order valence-electron chi connectivity index (χ3n) is 2.88. The molecule has 0 aliphatic heterocycles. The van der Waals surface area contributed by atoms with E-state index in [1.165, 1.54) is 10.4 Å². The number of carbonyl (C=O) groups excluding carboxylic acids is 1. The lowest BCUT2D eigenvalue weighted by atomic mass is 9.94. The van der Waals surface area contributed by atoms with Crippen molar-refractivity contribution in [3.8, 4) is 0 Å². The van der Waals surface area contributed by atoms with Crippen molar-refractivity contribution in [3.05, 3.63) is 20.8 Å². The van der Waals surface area contributed by atoms with Crippen LogP contribution in [0.1, 0.15) is 36.2 Å². The second-order valence-electron chi connectivity index (χ2n) is 4.06. The number of aryl methyl sites for hydroxylation is 1. The van der Waals surface area contributed by atoms with Gasteiger partial charge in [0.25, 0.3) is 0 Å². The summed E-state index contributed by atoms with van der Waals surface area (Å²) in [4.78, 5) is 12.6. The van der Waals surface area contributed by atoms with Gasteiger partial charge in [0.2, 0.25) is 0 Å². The Kier molecular flexibility index (Phi) is 4.42. The van der Waals surface area contributed by atoms with Crippen LogP contribution in [0.5, 0.6) is 0 Å². The molecule has 1 heterocycles. The lowest BCUT2D eigenvalue weighted by Crippen LogP contribution is -2.30. The summed E-state index contributed by atoms with van der Waals surface area (Å²) in [7, 11) is 0. The zero-order valence-electron chi connectivity index (χ0n) is 9.79. The lowest BCUT2D eigenvalue weighted by Gasteiger charge is -2.23. The average molecular weight is 274 g/mol. The van der Waals surface area contributed by atoms with Gasteiger partial charge in [-0.15, -0.1) is 11.3 Å². The highest BCUT2D eigenvalue weighted by molar-refractivity contribution is 7.16. The number of esters is 1. The molecule has 17 heavy (non-hydrogen) atoms. The average Bonchev–Trinajstić information content (AvgIpc) is 2.67. The first-order valence-electron chi connectivity index (χ1n) is 5.87. The summed E-state index contributed by atoms with van der Waals surface area (Å²) in [5.41, 5.74) is 1.26. The molecule has 1 aromatic rings. The molecule has 1 atom stereocenters. The van der Waals surface area contributed by atoms with Crippen LogP contribution in [0.3, 0.4) is 0 Å². The lowest BCUT2D eigenvalue weighted by molar-refractivity contribution is -0.142. The van der Waals surface area contributed by atoms with E-state index >= 15 is 0 Å². The molecule has 0 saturated carbocycles. The molecular weight excluding hydrogens is 258 g/mol. The maximum atomic E-state index is 11.3. The zero-order valence-corrected chi connectivity index (χ0v) is 11.4. The van der Waals surface area contributed by atoms with Crippen molar-refractivity contribution >= 4 is 28.9 Å². The fourth-order valence-electron chi connectivity index (χ4n) is 2.15. The van der Waals surface area contributed by atoms with E-state index < -0.39 is 0 Å². The molecule has 0 fully saturated rings. The molecule has 2 rings (SSSR count). The van der Waals surface area contributed by atoms with Crippen molar-refractivity contribution in [1.82, 2.24) is 5.32 Å². The first-order valence-corrected chi connectivity index (χ1v) is 7.07. The highest BCUT2D eigenvalue weighted by atomic mass is 35.5. The van der Waals surface area contributed by atoms with Crippen LogP contribution in [0.15, 0.2) is 6.07 Å². The van der Waals surface area contributed by atoms with E-state index in [2.05, 4.69) is 5.32 Å². The van der Waals surface area contributed by atoms with Gasteiger partial charge in [0.15, 0.2) is 0 Å². The van der Waals surface area contributed by atoms with E-state index in [9.17, 15) is 4.79 Å². The summed E-state index contributed by atoms with van der Waals surface area (Å²) in [6.45, 7) is 2.52. The fraction of sp³-hybridized carbons (Fsp3) is 0.583. The van der Waals surface area contributed by atoms with Crippen LogP contribution >= 0.6 is 22.9 Å². The van der Waals surface area contributed by atoms with E-state index in [0.29, 0.717) is 6.61 Å². The van der Waals surface area contributed by atoms with Crippen LogP contribution in [0, 0.1) is 0 Å². The van der Waals surface area contributed by atoms with E-state index in [1.807, 2.05) is 13.0 Å². The minimum absolute atomic E-state index is 0.194. The van der Waals surface area contributed by atoms with Crippen molar-refractivity contribution < 1.29 is 9.53 Å². The zero-order chi connectivity index (χ0) is 12.3. The van der Waals surface area contributed by atoms with Crippen molar-refractivity contribution in [2.45, 2.75) is 32.2 Å². The largest absolute Gasteiger partial charge is 0.465 e. The van der Waals surface area contributed by atoms with Gasteiger partial charge in [-0.1, -0.05) is 11.6 Å². The van der Waals surface area contributed by atoms with Crippen LogP contribution in [0.25, 0.3) is 0 Å². The molecule has 0 radical (unpaired) electrons. The number of carbonyl (C=O) groups is 1. The molecule has 0 bridgehead atoms. The Morgan fingerprint density at radius 2 is 2.53 bits per heavy atom. The van der Waals surface area contributed by atoms with E-state index in [0.717, 1.165) is 23.6 Å². The summed E-state index contributed by atoms with van der Waals surface area (Å²) in [6.07, 6.45) is 3.30. The normalized spacial score (nSPS) is 18.8. The Labute approximate surface area is 110 Å². The molecule has 1 aromatic heterocycles. The maximum absolute atomic E-state index is 11.3. The Morgan fingerprint density at radius 1 is 1.71 bits per heavy atom. The van der Waals surface area contributed by atoms with Crippen molar-refractivity contribution in [3.63, 3.8) is 0 Å². The number of hydrogen-bond donors (Lipinski definition) is 1. The van der Waals surface area contributed by atoms with Crippen LogP contribution < -0.4 is 5.32 Å². The molecule has 1 unspecified atom stereocenters. The summed E-state index contributed by atoms with van der Waals surface area (Å²) >= 11 is 7.68. The van der Waals surface area contributed by atoms with Gasteiger partial charge >= 0.3 is 5.97 Å². The number of thiophene rings is 1. The Bertz CT molecular complexity index is 405. The Morgan fingerprint density at radius 3 is 3.29 bits per heavy atom. The second-order valence-corrected chi connectivity index (χ2v) is 5.83. The SMILES string of the molecule is CCOC(=O)CNC1CCCc2sc(Cl)cc21. The quantitative estimate of drug-likeness (QED) is 0.858. The van der Waals surface area contributed by atoms with Crippen LogP contribution in [-0.4, -0.2) is 19.1 Å². The van der Waals surface area contributed by atoms with Gasteiger partial charge in [-0.05, 0) is 37.8 Å². The van der Waals surface area contributed by atoms with Crippen molar-refractivity contribution in [1.29, 1.82) is 0 Å². The number of hydrogen-bond acceptors (Lipinski definition) is 4. The molecule has 3 nitrogen and oxygen atoms in total. The van der Waals surface area contributed by atoms with Gasteiger partial charge < -0.3 is 4.74 Å². The minimum Gasteiger partial charge on any atom is -0.465 e. The van der Waals surface area contributed by atoms with E-state index in [-0.39, 0.29) is 18.6 Å². The number of halogens is 1. The topological polar surface area (TPSA) is 38.3 Å². The molecule has 94 valence electrons. The van der Waals surface area contributed by atoms with Crippen molar-refractivity contribution in [2.24, 2.45) is 0 Å². The smallest absolute Gasteiger partial charge is 0.319 e. The number of ether oxygens (including phenoxy) is 1. The predicted molar refractivity (Wildman–Crippen MR) is 69.6 cm³/mol. The third-order valence-corrected chi connectivity index (χ3v) is 4.22. The molecule has 0 saturated heterocycles. The first kappa shape index (κ1) is 12.9. The van der Waals surface area contributed by atoms with E-state index in [1.54, 1.807) is 11.3 Å². The molecular formula is C12H16ClNO2S. The molecule has 0 spiro atoms. The second kappa shape index (κ2) is 5.85. The highest BCUT2D eigenvalue weighted by Crippen LogP contribution is 2.37. The van der Waals surface area contributed by atoms with Gasteiger partial charge in [-0.25, -0.2) is 0 Å². The van der Waals surface area contributed by atoms with E-state index in [4.69, 9.17) is 16.3 Å². The standard InChI is InChI=1S/C12H16ClNO2S/c1-2-16-12(15)7-14-9-4-3-5-10-8(9)6-11(13)17-10/h6,9,14H,2-5,7H2,1H3. The van der Waals surface area contributed by atoms with Crippen molar-refractivity contribution in [2.75, 3.05) is 13.2 Å². The summed E-state index contributed by atoms with van der Waals surface area (Å²) in [5, 5.41) is 3.25. The van der Waals surface area contributed by atoms with Gasteiger partial charge in [-0.2, -0.15) is 0 Å². The summed E-state index contributed by atoms with van der Waals surface area (Å²) < 4.78 is 5.73. The predicted octanol–water partition coefficient (Wildman–Crippen LogP) is 2.93. The van der Waals surface area contributed by atoms with Crippen LogP contribution in [-0.2, 0) is 16.0 Å². The molecule has 5 heteroatoms.